The Balaban J connectivity index is 2.53. The summed E-state index contributed by atoms with van der Waals surface area (Å²) in [7, 11) is 4.20. The second-order valence-corrected chi connectivity index (χ2v) is 4.37. The maximum atomic E-state index is 5.94. The molecule has 0 aliphatic heterocycles. The van der Waals surface area contributed by atoms with Crippen LogP contribution in [0.25, 0.3) is 0 Å². The maximum absolute atomic E-state index is 5.94. The van der Waals surface area contributed by atoms with Crippen LogP contribution in [0.5, 0.6) is 0 Å². The fourth-order valence-electron chi connectivity index (χ4n) is 1.61. The number of hydrogen-bond acceptors (Lipinski definition) is 3. The van der Waals surface area contributed by atoms with Crippen molar-refractivity contribution in [3.05, 3.63) is 29.8 Å². The molecule has 0 amide bonds. The van der Waals surface area contributed by atoms with Crippen LogP contribution in [-0.2, 0) is 6.54 Å². The molecule has 0 fully saturated rings. The van der Waals surface area contributed by atoms with Gasteiger partial charge in [-0.3, -0.25) is 4.90 Å². The first-order chi connectivity index (χ1) is 7.63. The Morgan fingerprint density at radius 2 is 1.81 bits per heavy atom. The van der Waals surface area contributed by atoms with Crippen LogP contribution in [0.3, 0.4) is 0 Å². The minimum atomic E-state index is 0.894. The predicted octanol–water partition coefficient (Wildman–Crippen LogP) is 1.65. The van der Waals surface area contributed by atoms with Crippen LogP contribution in [-0.4, -0.2) is 43.5 Å². The van der Waals surface area contributed by atoms with Crippen molar-refractivity contribution in [2.45, 2.75) is 13.5 Å². The van der Waals surface area contributed by atoms with E-state index in [0.717, 1.165) is 31.9 Å². The Bertz CT molecular complexity index is 310. The highest BCUT2D eigenvalue weighted by Crippen LogP contribution is 2.12. The lowest BCUT2D eigenvalue weighted by atomic mass is 10.1. The number of para-hydroxylation sites is 1. The van der Waals surface area contributed by atoms with Gasteiger partial charge in [-0.1, -0.05) is 25.1 Å². The molecule has 1 aromatic carbocycles. The van der Waals surface area contributed by atoms with E-state index in [4.69, 9.17) is 5.73 Å². The first-order valence-corrected chi connectivity index (χ1v) is 5.84. The average Bonchev–Trinajstić information content (AvgIpc) is 2.26. The van der Waals surface area contributed by atoms with E-state index in [9.17, 15) is 0 Å². The first kappa shape index (κ1) is 13.0. The smallest absolute Gasteiger partial charge is 0.0359 e. The van der Waals surface area contributed by atoms with Crippen LogP contribution >= 0.6 is 0 Å². The summed E-state index contributed by atoms with van der Waals surface area (Å²) >= 11 is 0. The molecule has 2 N–H and O–H groups in total. The molecule has 1 aromatic rings. The molecule has 0 saturated heterocycles. The zero-order chi connectivity index (χ0) is 12.0. The molecule has 0 radical (unpaired) electrons. The van der Waals surface area contributed by atoms with Gasteiger partial charge in [-0.2, -0.15) is 0 Å². The van der Waals surface area contributed by atoms with Crippen molar-refractivity contribution in [3.8, 4) is 0 Å². The first-order valence-electron chi connectivity index (χ1n) is 5.84. The summed E-state index contributed by atoms with van der Waals surface area (Å²) in [5, 5.41) is 0. The van der Waals surface area contributed by atoms with Crippen molar-refractivity contribution in [2.75, 3.05) is 39.5 Å². The van der Waals surface area contributed by atoms with Gasteiger partial charge in [0.25, 0.3) is 0 Å². The zero-order valence-corrected chi connectivity index (χ0v) is 10.6. The van der Waals surface area contributed by atoms with E-state index in [-0.39, 0.29) is 0 Å². The topological polar surface area (TPSA) is 32.5 Å². The second kappa shape index (κ2) is 6.51. The molecule has 0 aliphatic carbocycles. The number of rotatable bonds is 6. The highest BCUT2D eigenvalue weighted by atomic mass is 15.2. The molecular weight excluding hydrogens is 198 g/mol. The highest BCUT2D eigenvalue weighted by molar-refractivity contribution is 5.46. The SMILES string of the molecule is CCN(CCN(C)C)Cc1ccccc1N. The van der Waals surface area contributed by atoms with E-state index in [0.29, 0.717) is 0 Å². The Morgan fingerprint density at radius 3 is 2.38 bits per heavy atom. The molecule has 0 heterocycles. The van der Waals surface area contributed by atoms with E-state index in [2.05, 4.69) is 36.9 Å². The van der Waals surface area contributed by atoms with Crippen molar-refractivity contribution in [2.24, 2.45) is 0 Å². The molecule has 0 unspecified atom stereocenters. The van der Waals surface area contributed by atoms with E-state index in [1.807, 2.05) is 18.2 Å². The fraction of sp³-hybridized carbons (Fsp3) is 0.538. The summed E-state index contributed by atoms with van der Waals surface area (Å²) in [4.78, 5) is 4.61. The third kappa shape index (κ3) is 4.21. The molecule has 16 heavy (non-hydrogen) atoms. The Morgan fingerprint density at radius 1 is 1.12 bits per heavy atom. The van der Waals surface area contributed by atoms with Gasteiger partial charge < -0.3 is 10.6 Å². The van der Waals surface area contributed by atoms with Crippen molar-refractivity contribution in [3.63, 3.8) is 0 Å². The standard InChI is InChI=1S/C13H23N3/c1-4-16(10-9-15(2)3)11-12-7-5-6-8-13(12)14/h5-8H,4,9-11,14H2,1-3H3. The van der Waals surface area contributed by atoms with Gasteiger partial charge in [0.05, 0.1) is 0 Å². The number of nitrogens with zero attached hydrogens (tertiary/aromatic N) is 2. The summed E-state index contributed by atoms with van der Waals surface area (Å²) in [6.45, 7) is 6.35. The van der Waals surface area contributed by atoms with E-state index in [1.54, 1.807) is 0 Å². The zero-order valence-electron chi connectivity index (χ0n) is 10.6. The average molecular weight is 221 g/mol. The lowest BCUT2D eigenvalue weighted by Gasteiger charge is -2.23. The van der Waals surface area contributed by atoms with Gasteiger partial charge in [0.1, 0.15) is 0 Å². The Kier molecular flexibility index (Phi) is 5.29. The number of likely N-dealkylation sites (N-methyl/N-ethyl adjacent to an activating group) is 2. The lowest BCUT2D eigenvalue weighted by molar-refractivity contribution is 0.244. The summed E-state index contributed by atoms with van der Waals surface area (Å²) in [6.07, 6.45) is 0. The molecule has 3 heteroatoms. The van der Waals surface area contributed by atoms with Gasteiger partial charge >= 0.3 is 0 Å². The summed E-state index contributed by atoms with van der Waals surface area (Å²) in [6, 6.07) is 8.10. The molecule has 1 rings (SSSR count). The number of nitrogen functional groups attached to an aromatic ring is 1. The Labute approximate surface area is 98.8 Å². The molecular formula is C13H23N3. The summed E-state index contributed by atoms with van der Waals surface area (Å²) in [5.41, 5.74) is 8.06. The second-order valence-electron chi connectivity index (χ2n) is 4.37. The molecule has 0 aromatic heterocycles. The van der Waals surface area contributed by atoms with E-state index >= 15 is 0 Å². The maximum Gasteiger partial charge on any atom is 0.0359 e. The van der Waals surface area contributed by atoms with Crippen LogP contribution in [0.2, 0.25) is 0 Å². The van der Waals surface area contributed by atoms with Crippen molar-refractivity contribution < 1.29 is 0 Å². The summed E-state index contributed by atoms with van der Waals surface area (Å²) in [5.74, 6) is 0. The van der Waals surface area contributed by atoms with Gasteiger partial charge in [-0.15, -0.1) is 0 Å². The largest absolute Gasteiger partial charge is 0.398 e. The van der Waals surface area contributed by atoms with Crippen LogP contribution in [0.1, 0.15) is 12.5 Å². The molecule has 3 nitrogen and oxygen atoms in total. The number of hydrogen-bond donors (Lipinski definition) is 1. The van der Waals surface area contributed by atoms with Gasteiger partial charge in [0.15, 0.2) is 0 Å². The third-order valence-corrected chi connectivity index (χ3v) is 2.76. The molecule has 0 spiro atoms. The van der Waals surface area contributed by atoms with Crippen LogP contribution in [0.15, 0.2) is 24.3 Å². The Hall–Kier alpha value is -1.06. The van der Waals surface area contributed by atoms with Crippen molar-refractivity contribution in [1.82, 2.24) is 9.80 Å². The fourth-order valence-corrected chi connectivity index (χ4v) is 1.61. The van der Waals surface area contributed by atoms with Gasteiger partial charge in [-0.25, -0.2) is 0 Å². The number of nitrogens with two attached hydrogens (primary N) is 1. The van der Waals surface area contributed by atoms with Crippen LogP contribution in [0.4, 0.5) is 5.69 Å². The monoisotopic (exact) mass is 221 g/mol. The highest BCUT2D eigenvalue weighted by Gasteiger charge is 2.05. The molecule has 0 aliphatic rings. The van der Waals surface area contributed by atoms with Gasteiger partial charge in [0.2, 0.25) is 0 Å². The molecule has 0 atom stereocenters. The van der Waals surface area contributed by atoms with Crippen LogP contribution < -0.4 is 5.73 Å². The van der Waals surface area contributed by atoms with Gasteiger partial charge in [-0.05, 0) is 32.3 Å². The van der Waals surface area contributed by atoms with Gasteiger partial charge in [0, 0.05) is 25.3 Å². The quantitative estimate of drug-likeness (QED) is 0.741. The molecule has 90 valence electrons. The number of anilines is 1. The minimum Gasteiger partial charge on any atom is -0.398 e. The molecule has 0 saturated carbocycles. The normalized spacial score (nSPS) is 11.3. The van der Waals surface area contributed by atoms with E-state index in [1.165, 1.54) is 5.56 Å². The number of benzene rings is 1. The van der Waals surface area contributed by atoms with Crippen molar-refractivity contribution >= 4 is 5.69 Å². The predicted molar refractivity (Wildman–Crippen MR) is 70.4 cm³/mol. The third-order valence-electron chi connectivity index (χ3n) is 2.76. The van der Waals surface area contributed by atoms with Crippen molar-refractivity contribution in [1.29, 1.82) is 0 Å². The van der Waals surface area contributed by atoms with Crippen LogP contribution in [0, 0.1) is 0 Å². The van der Waals surface area contributed by atoms with E-state index < -0.39 is 0 Å². The lowest BCUT2D eigenvalue weighted by Crippen LogP contribution is -2.31. The molecule has 0 bridgehead atoms. The summed E-state index contributed by atoms with van der Waals surface area (Å²) < 4.78 is 0. The minimum absolute atomic E-state index is 0.894.